The van der Waals surface area contributed by atoms with Gasteiger partial charge in [0.2, 0.25) is 0 Å². The third kappa shape index (κ3) is 3.04. The molecule has 0 aromatic carbocycles. The number of alkyl halides is 1. The lowest BCUT2D eigenvalue weighted by Crippen LogP contribution is -2.47. The second-order valence-electron chi connectivity index (χ2n) is 3.23. The van der Waals surface area contributed by atoms with E-state index < -0.39 is 6.10 Å². The number of aliphatic hydroxyl groups excluding tert-OH is 1. The first kappa shape index (κ1) is 9.21. The summed E-state index contributed by atoms with van der Waals surface area (Å²) >= 11 is 5.81. The summed E-state index contributed by atoms with van der Waals surface area (Å²) in [5, 5.41) is 9.01. The quantitative estimate of drug-likeness (QED) is 0.356. The van der Waals surface area contributed by atoms with Crippen LogP contribution >= 0.6 is 11.6 Å². The average Bonchev–Trinajstić information content (AvgIpc) is 1.62. The zero-order chi connectivity index (χ0) is 7.65. The highest BCUT2D eigenvalue weighted by molar-refractivity contribution is 6.19. The average molecular weight is 155 g/mol. The van der Waals surface area contributed by atoms with Gasteiger partial charge in [0.25, 0.3) is 0 Å². The Hall–Kier alpha value is 0.210. The van der Waals surface area contributed by atoms with E-state index in [9.17, 15) is 0 Å². The minimum atomic E-state index is -0.452. The first-order valence-electron chi connectivity index (χ1n) is 2.99. The molecule has 0 aromatic heterocycles. The third-order valence-electron chi connectivity index (χ3n) is 1.14. The van der Waals surface area contributed by atoms with Crippen LogP contribution in [-0.2, 0) is 0 Å². The van der Waals surface area contributed by atoms with Crippen LogP contribution in [0.1, 0.15) is 8.35 Å². The molecule has 0 bridgehead atoms. The molecule has 0 spiro atoms. The summed E-state index contributed by atoms with van der Waals surface area (Å²) in [6.45, 7) is 1.70. The Balaban J connectivity index is 0. The molecule has 1 N–H and O–H groups in total. The predicted octanol–water partition coefficient (Wildman–Crippen LogP) is 0.884. The minimum Gasteiger partial charge on any atom is -0.386 e. The van der Waals surface area contributed by atoms with Crippen molar-refractivity contribution in [3.05, 3.63) is 0 Å². The topological polar surface area (TPSA) is 20.2 Å². The number of hydrogen-bond donors (Lipinski definition) is 1. The van der Waals surface area contributed by atoms with Crippen LogP contribution in [0.25, 0.3) is 0 Å². The van der Waals surface area contributed by atoms with Crippen molar-refractivity contribution >= 4 is 11.6 Å². The molecule has 2 nitrogen and oxygen atoms in total. The first-order chi connectivity index (χ1) is 3.85. The van der Waals surface area contributed by atoms with E-state index in [2.05, 4.69) is 0 Å². The minimum absolute atomic E-state index is 0. The molecule has 0 fully saturated rings. The SMILES string of the molecule is CC(O)C(Cl)[N+](C)(C)C.[HH]. The van der Waals surface area contributed by atoms with Crippen LogP contribution in [0.3, 0.4) is 0 Å². The maximum Gasteiger partial charge on any atom is 0.190 e. The summed E-state index contributed by atoms with van der Waals surface area (Å²) in [7, 11) is 5.85. The van der Waals surface area contributed by atoms with Crippen molar-refractivity contribution in [2.45, 2.75) is 18.5 Å². The fourth-order valence-corrected chi connectivity index (χ4v) is 0.647. The van der Waals surface area contributed by atoms with Crippen LogP contribution < -0.4 is 0 Å². The molecule has 2 unspecified atom stereocenters. The Kier molecular flexibility index (Phi) is 2.93. The number of nitrogens with zero attached hydrogens (tertiary/aromatic N) is 1. The Bertz CT molecular complexity index is 92.2. The molecule has 0 aromatic rings. The van der Waals surface area contributed by atoms with Gasteiger partial charge in [-0.2, -0.15) is 0 Å². The summed E-state index contributed by atoms with van der Waals surface area (Å²) in [5.41, 5.74) is -0.218. The van der Waals surface area contributed by atoms with Crippen molar-refractivity contribution in [1.82, 2.24) is 0 Å². The Morgan fingerprint density at radius 1 is 1.44 bits per heavy atom. The lowest BCUT2D eigenvalue weighted by atomic mass is 10.3. The van der Waals surface area contributed by atoms with Crippen molar-refractivity contribution in [3.63, 3.8) is 0 Å². The van der Waals surface area contributed by atoms with Crippen molar-refractivity contribution < 1.29 is 11.0 Å². The van der Waals surface area contributed by atoms with E-state index in [-0.39, 0.29) is 6.93 Å². The van der Waals surface area contributed by atoms with Crippen LogP contribution in [0.5, 0.6) is 0 Å². The van der Waals surface area contributed by atoms with Gasteiger partial charge < -0.3 is 9.59 Å². The maximum atomic E-state index is 9.01. The number of quaternary nitrogens is 1. The predicted molar refractivity (Wildman–Crippen MR) is 41.5 cm³/mol. The van der Waals surface area contributed by atoms with Crippen LogP contribution in [0.2, 0.25) is 0 Å². The smallest absolute Gasteiger partial charge is 0.190 e. The molecule has 0 aliphatic heterocycles. The van der Waals surface area contributed by atoms with Gasteiger partial charge in [0.1, 0.15) is 6.10 Å². The van der Waals surface area contributed by atoms with Gasteiger partial charge in [0, 0.05) is 1.43 Å². The van der Waals surface area contributed by atoms with E-state index in [0.29, 0.717) is 4.48 Å². The van der Waals surface area contributed by atoms with Gasteiger partial charge in [0.05, 0.1) is 21.1 Å². The lowest BCUT2D eigenvalue weighted by Gasteiger charge is -2.31. The molecule has 58 valence electrons. The molecule has 0 saturated heterocycles. The van der Waals surface area contributed by atoms with Gasteiger partial charge >= 0.3 is 0 Å². The van der Waals surface area contributed by atoms with E-state index >= 15 is 0 Å². The van der Waals surface area contributed by atoms with E-state index in [4.69, 9.17) is 16.7 Å². The van der Waals surface area contributed by atoms with Gasteiger partial charge in [-0.25, -0.2) is 0 Å². The Labute approximate surface area is 63.1 Å². The largest absolute Gasteiger partial charge is 0.386 e. The Morgan fingerprint density at radius 2 is 1.78 bits per heavy atom. The fraction of sp³-hybridized carbons (Fsp3) is 1.00. The summed E-state index contributed by atoms with van der Waals surface area (Å²) < 4.78 is 0.583. The second kappa shape index (κ2) is 2.86. The molecule has 0 aliphatic rings. The van der Waals surface area contributed by atoms with Crippen LogP contribution in [0.15, 0.2) is 0 Å². The standard InChI is InChI=1S/C6H15ClNO.H2/c1-5(9)6(7)8(2,3)4;/h5-6,9H,1-4H3;1H/q+1;. The van der Waals surface area contributed by atoms with Crippen LogP contribution in [-0.4, -0.2) is 42.3 Å². The van der Waals surface area contributed by atoms with Gasteiger partial charge in [-0.1, -0.05) is 11.6 Å². The highest BCUT2D eigenvalue weighted by atomic mass is 35.5. The van der Waals surface area contributed by atoms with E-state index in [1.54, 1.807) is 6.92 Å². The lowest BCUT2D eigenvalue weighted by molar-refractivity contribution is -0.885. The van der Waals surface area contributed by atoms with E-state index in [0.717, 1.165) is 0 Å². The molecular weight excluding hydrogens is 138 g/mol. The van der Waals surface area contributed by atoms with E-state index in [1.165, 1.54) is 0 Å². The highest BCUT2D eigenvalue weighted by Crippen LogP contribution is 2.11. The number of likely N-dealkylation sites (N-methyl/N-ethyl adjacent to an activating group) is 1. The molecule has 0 radical (unpaired) electrons. The van der Waals surface area contributed by atoms with Gasteiger partial charge in [-0.3, -0.25) is 0 Å². The molecule has 0 saturated carbocycles. The summed E-state index contributed by atoms with van der Waals surface area (Å²) in [4.78, 5) is 0. The highest BCUT2D eigenvalue weighted by Gasteiger charge is 2.25. The molecular formula is C6H17ClNO+. The van der Waals surface area contributed by atoms with Crippen LogP contribution in [0, 0.1) is 0 Å². The molecule has 0 heterocycles. The van der Waals surface area contributed by atoms with Crippen LogP contribution in [0.4, 0.5) is 0 Å². The Morgan fingerprint density at radius 3 is 1.78 bits per heavy atom. The molecule has 2 atom stereocenters. The van der Waals surface area contributed by atoms with Crippen molar-refractivity contribution in [2.24, 2.45) is 0 Å². The van der Waals surface area contributed by atoms with E-state index in [1.807, 2.05) is 21.1 Å². The fourth-order valence-electron chi connectivity index (χ4n) is 0.647. The van der Waals surface area contributed by atoms with Gasteiger partial charge in [-0.15, -0.1) is 0 Å². The van der Waals surface area contributed by atoms with Gasteiger partial charge in [-0.05, 0) is 6.92 Å². The molecule has 0 aliphatic carbocycles. The summed E-state index contributed by atoms with van der Waals surface area (Å²) in [6, 6.07) is 0. The van der Waals surface area contributed by atoms with Crippen molar-refractivity contribution in [2.75, 3.05) is 21.1 Å². The van der Waals surface area contributed by atoms with Gasteiger partial charge in [0.15, 0.2) is 5.50 Å². The van der Waals surface area contributed by atoms with Crippen molar-refractivity contribution in [3.8, 4) is 0 Å². The molecule has 0 rings (SSSR count). The zero-order valence-corrected chi connectivity index (χ0v) is 7.18. The number of aliphatic hydroxyl groups is 1. The normalized spacial score (nSPS) is 19.3. The number of rotatable bonds is 2. The maximum absolute atomic E-state index is 9.01. The van der Waals surface area contributed by atoms with Crippen molar-refractivity contribution in [1.29, 1.82) is 0 Å². The molecule has 3 heteroatoms. The monoisotopic (exact) mass is 154 g/mol. The second-order valence-corrected chi connectivity index (χ2v) is 3.68. The summed E-state index contributed by atoms with van der Waals surface area (Å²) in [5.74, 6) is 0. The number of halogens is 1. The first-order valence-corrected chi connectivity index (χ1v) is 3.42. The summed E-state index contributed by atoms with van der Waals surface area (Å²) in [6.07, 6.45) is -0.452. The molecule has 0 amide bonds. The third-order valence-corrected chi connectivity index (χ3v) is 2.09. The number of hydrogen-bond acceptors (Lipinski definition) is 1. The zero-order valence-electron chi connectivity index (χ0n) is 6.43. The molecule has 9 heavy (non-hydrogen) atoms.